The Labute approximate surface area is 103 Å². The Morgan fingerprint density at radius 1 is 1.29 bits per heavy atom. The van der Waals surface area contributed by atoms with E-state index in [4.69, 9.17) is 15.2 Å². The van der Waals surface area contributed by atoms with Crippen molar-refractivity contribution in [1.29, 1.82) is 0 Å². The van der Waals surface area contributed by atoms with E-state index in [1.165, 1.54) is 0 Å². The molecule has 0 unspecified atom stereocenters. The fourth-order valence-corrected chi connectivity index (χ4v) is 1.19. The van der Waals surface area contributed by atoms with Crippen molar-refractivity contribution < 1.29 is 9.47 Å². The molecule has 0 heterocycles. The highest BCUT2D eigenvalue weighted by Crippen LogP contribution is 2.18. The molecule has 1 aromatic carbocycles. The number of benzene rings is 1. The molecular formula is C14H19NO2. The number of aryl methyl sites for hydroxylation is 1. The van der Waals surface area contributed by atoms with Gasteiger partial charge in [-0.2, -0.15) is 0 Å². The molecule has 0 bridgehead atoms. The average molecular weight is 233 g/mol. The molecule has 0 aliphatic carbocycles. The summed E-state index contributed by atoms with van der Waals surface area (Å²) >= 11 is 0. The fraction of sp³-hybridized carbons (Fsp3) is 0.286. The fourth-order valence-electron chi connectivity index (χ4n) is 1.19. The van der Waals surface area contributed by atoms with Crippen LogP contribution in [0.3, 0.4) is 0 Å². The number of rotatable bonds is 6. The summed E-state index contributed by atoms with van der Waals surface area (Å²) in [6, 6.07) is 5.58. The van der Waals surface area contributed by atoms with Crippen LogP contribution in [0.15, 0.2) is 42.7 Å². The zero-order valence-electron chi connectivity index (χ0n) is 10.5. The lowest BCUT2D eigenvalue weighted by molar-refractivity contribution is 0.162. The number of ether oxygens (including phenoxy) is 2. The molecule has 1 aromatic rings. The van der Waals surface area contributed by atoms with E-state index in [1.807, 2.05) is 32.0 Å². The topological polar surface area (TPSA) is 44.5 Å². The smallest absolute Gasteiger partial charge is 0.122 e. The Hall–Kier alpha value is -1.90. The number of nitrogens with two attached hydrogens (primary N) is 1. The van der Waals surface area contributed by atoms with Crippen molar-refractivity contribution >= 4 is 5.69 Å². The largest absolute Gasteiger partial charge is 0.490 e. The van der Waals surface area contributed by atoms with E-state index in [1.54, 1.807) is 0 Å². The van der Waals surface area contributed by atoms with Gasteiger partial charge in [0.1, 0.15) is 24.7 Å². The van der Waals surface area contributed by atoms with Crippen LogP contribution in [-0.2, 0) is 4.74 Å². The summed E-state index contributed by atoms with van der Waals surface area (Å²) in [7, 11) is 0. The summed E-state index contributed by atoms with van der Waals surface area (Å²) in [6.07, 6.45) is 0. The highest BCUT2D eigenvalue weighted by Gasteiger charge is 1.99. The van der Waals surface area contributed by atoms with E-state index in [-0.39, 0.29) is 0 Å². The van der Waals surface area contributed by atoms with Crippen molar-refractivity contribution in [2.24, 2.45) is 0 Å². The molecule has 0 aromatic heterocycles. The number of nitrogen functional groups attached to an aromatic ring is 1. The van der Waals surface area contributed by atoms with Gasteiger partial charge in [0.25, 0.3) is 0 Å². The van der Waals surface area contributed by atoms with Crippen molar-refractivity contribution in [2.75, 3.05) is 18.9 Å². The van der Waals surface area contributed by atoms with Gasteiger partial charge < -0.3 is 15.2 Å². The predicted molar refractivity (Wildman–Crippen MR) is 71.0 cm³/mol. The van der Waals surface area contributed by atoms with Gasteiger partial charge in [-0.25, -0.2) is 0 Å². The van der Waals surface area contributed by atoms with Crippen LogP contribution in [0, 0.1) is 6.92 Å². The van der Waals surface area contributed by atoms with Crippen LogP contribution in [0.25, 0.3) is 0 Å². The Kier molecular flexibility index (Phi) is 4.64. The van der Waals surface area contributed by atoms with Crippen molar-refractivity contribution in [3.63, 3.8) is 0 Å². The molecule has 17 heavy (non-hydrogen) atoms. The van der Waals surface area contributed by atoms with Crippen LogP contribution in [0.5, 0.6) is 5.75 Å². The van der Waals surface area contributed by atoms with Gasteiger partial charge in [-0.05, 0) is 43.2 Å². The van der Waals surface area contributed by atoms with Gasteiger partial charge in [-0.15, -0.1) is 0 Å². The first kappa shape index (κ1) is 13.2. The molecule has 3 heteroatoms. The lowest BCUT2D eigenvalue weighted by atomic mass is 10.2. The zero-order valence-corrected chi connectivity index (χ0v) is 10.5. The van der Waals surface area contributed by atoms with Gasteiger partial charge in [-0.1, -0.05) is 13.2 Å². The minimum Gasteiger partial charge on any atom is -0.490 e. The van der Waals surface area contributed by atoms with Crippen molar-refractivity contribution in [3.8, 4) is 5.75 Å². The normalized spacial score (nSPS) is 9.76. The maximum Gasteiger partial charge on any atom is 0.122 e. The second kappa shape index (κ2) is 5.99. The van der Waals surface area contributed by atoms with E-state index in [9.17, 15) is 0 Å². The van der Waals surface area contributed by atoms with Crippen LogP contribution < -0.4 is 10.5 Å². The maximum absolute atomic E-state index is 5.72. The molecule has 0 radical (unpaired) electrons. The van der Waals surface area contributed by atoms with Gasteiger partial charge in [0.2, 0.25) is 0 Å². The minimum atomic E-state index is 0.453. The SMILES string of the molecule is C=C(C)C(=C)OCCOc1ccc(N)c(C)c1. The first-order chi connectivity index (χ1) is 8.00. The van der Waals surface area contributed by atoms with E-state index >= 15 is 0 Å². The molecule has 0 saturated carbocycles. The standard InChI is InChI=1S/C14H19NO2/c1-10(2)12(4)16-7-8-17-13-5-6-14(15)11(3)9-13/h5-6,9H,1,4,7-8,15H2,2-3H3. The molecule has 3 nitrogen and oxygen atoms in total. The van der Waals surface area contributed by atoms with E-state index in [0.29, 0.717) is 19.0 Å². The number of hydrogen-bond donors (Lipinski definition) is 1. The molecule has 0 amide bonds. The van der Waals surface area contributed by atoms with E-state index < -0.39 is 0 Å². The molecular weight excluding hydrogens is 214 g/mol. The Morgan fingerprint density at radius 3 is 2.59 bits per heavy atom. The molecule has 1 rings (SSSR count). The Bertz CT molecular complexity index is 424. The Morgan fingerprint density at radius 2 is 2.00 bits per heavy atom. The third-order valence-corrected chi connectivity index (χ3v) is 2.35. The van der Waals surface area contributed by atoms with Gasteiger partial charge in [0.05, 0.1) is 0 Å². The van der Waals surface area contributed by atoms with Crippen LogP contribution in [-0.4, -0.2) is 13.2 Å². The summed E-state index contributed by atoms with van der Waals surface area (Å²) in [5.74, 6) is 1.39. The molecule has 2 N–H and O–H groups in total. The number of hydrogen-bond acceptors (Lipinski definition) is 3. The molecule has 0 saturated heterocycles. The van der Waals surface area contributed by atoms with Crippen molar-refractivity contribution in [3.05, 3.63) is 48.3 Å². The average Bonchev–Trinajstić information content (AvgIpc) is 2.28. The molecule has 0 aliphatic heterocycles. The molecule has 0 atom stereocenters. The second-order valence-electron chi connectivity index (χ2n) is 3.92. The van der Waals surface area contributed by atoms with E-state index in [0.717, 1.165) is 22.6 Å². The highest BCUT2D eigenvalue weighted by atomic mass is 16.5. The van der Waals surface area contributed by atoms with Crippen molar-refractivity contribution in [2.45, 2.75) is 13.8 Å². The molecule has 0 spiro atoms. The third-order valence-electron chi connectivity index (χ3n) is 2.35. The lowest BCUT2D eigenvalue weighted by Crippen LogP contribution is -2.06. The third kappa shape index (κ3) is 4.23. The zero-order chi connectivity index (χ0) is 12.8. The minimum absolute atomic E-state index is 0.453. The summed E-state index contributed by atoms with van der Waals surface area (Å²) in [5.41, 5.74) is 8.32. The van der Waals surface area contributed by atoms with Gasteiger partial charge in [0.15, 0.2) is 0 Å². The molecule has 0 aliphatic rings. The molecule has 0 fully saturated rings. The number of anilines is 1. The van der Waals surface area contributed by atoms with Crippen LogP contribution in [0.1, 0.15) is 12.5 Å². The monoisotopic (exact) mass is 233 g/mol. The van der Waals surface area contributed by atoms with Crippen molar-refractivity contribution in [1.82, 2.24) is 0 Å². The summed E-state index contributed by atoms with van der Waals surface area (Å²) in [5, 5.41) is 0. The summed E-state index contributed by atoms with van der Waals surface area (Å²) < 4.78 is 10.9. The van der Waals surface area contributed by atoms with Crippen LogP contribution in [0.2, 0.25) is 0 Å². The highest BCUT2D eigenvalue weighted by molar-refractivity contribution is 5.49. The van der Waals surface area contributed by atoms with E-state index in [2.05, 4.69) is 13.2 Å². The predicted octanol–water partition coefficient (Wildman–Crippen LogP) is 3.06. The quantitative estimate of drug-likeness (QED) is 0.355. The second-order valence-corrected chi connectivity index (χ2v) is 3.92. The Balaban J connectivity index is 2.34. The lowest BCUT2D eigenvalue weighted by Gasteiger charge is -2.10. The maximum atomic E-state index is 5.72. The van der Waals surface area contributed by atoms with Gasteiger partial charge in [0, 0.05) is 5.69 Å². The summed E-state index contributed by atoms with van der Waals surface area (Å²) in [4.78, 5) is 0. The van der Waals surface area contributed by atoms with Crippen LogP contribution >= 0.6 is 0 Å². The molecule has 92 valence electrons. The first-order valence-electron chi connectivity index (χ1n) is 5.47. The van der Waals surface area contributed by atoms with Gasteiger partial charge >= 0.3 is 0 Å². The number of allylic oxidation sites excluding steroid dienone is 1. The summed E-state index contributed by atoms with van der Waals surface area (Å²) in [6.45, 7) is 12.2. The van der Waals surface area contributed by atoms with Gasteiger partial charge in [-0.3, -0.25) is 0 Å². The first-order valence-corrected chi connectivity index (χ1v) is 5.47. The van der Waals surface area contributed by atoms with Crippen LogP contribution in [0.4, 0.5) is 5.69 Å².